The predicted molar refractivity (Wildman–Crippen MR) is 99.9 cm³/mol. The summed E-state index contributed by atoms with van der Waals surface area (Å²) in [6, 6.07) is 9.58. The zero-order chi connectivity index (χ0) is 19.7. The van der Waals surface area contributed by atoms with Gasteiger partial charge in [-0.05, 0) is 31.0 Å². The topological polar surface area (TPSA) is 70.7 Å². The fourth-order valence-electron chi connectivity index (χ4n) is 3.27. The number of fused-ring (bicyclic) bond motifs is 1. The number of halogens is 2. The molecule has 1 N–H and O–H groups in total. The molecule has 0 fully saturated rings. The van der Waals surface area contributed by atoms with Crippen LogP contribution in [0.5, 0.6) is 0 Å². The van der Waals surface area contributed by atoms with Gasteiger partial charge in [-0.15, -0.1) is 0 Å². The maximum atomic E-state index is 13.2. The molecule has 27 heavy (non-hydrogen) atoms. The van der Waals surface area contributed by atoms with E-state index in [-0.39, 0.29) is 17.2 Å². The largest absolute Gasteiger partial charge is 0.363 e. The average molecular weight is 368 g/mol. The van der Waals surface area contributed by atoms with Gasteiger partial charge in [0.25, 0.3) is 12.0 Å². The number of hydrogen-bond acceptors (Lipinski definition) is 4. The molecule has 0 bridgehead atoms. The molecule has 2 aromatic heterocycles. The number of anilines is 1. The van der Waals surface area contributed by atoms with Gasteiger partial charge in [0.1, 0.15) is 11.9 Å². The minimum atomic E-state index is -2.54. The number of aryl methyl sites for hydroxylation is 1. The van der Waals surface area contributed by atoms with E-state index in [2.05, 4.69) is 10.3 Å². The molecule has 0 saturated heterocycles. The zero-order valence-corrected chi connectivity index (χ0v) is 15.1. The van der Waals surface area contributed by atoms with Crippen LogP contribution in [-0.4, -0.2) is 9.55 Å². The highest BCUT2D eigenvalue weighted by Crippen LogP contribution is 2.31. The lowest BCUT2D eigenvalue weighted by molar-refractivity contribution is 0.150. The van der Waals surface area contributed by atoms with Crippen LogP contribution in [-0.2, 0) is 7.05 Å². The SMILES string of the molecule is Cc1c(C(F)F)cccc1C(C)Nc1ncc(C#N)c2c1ccc(=O)n2C. The summed E-state index contributed by atoms with van der Waals surface area (Å²) in [5, 5.41) is 13.2. The van der Waals surface area contributed by atoms with E-state index in [1.165, 1.54) is 22.9 Å². The van der Waals surface area contributed by atoms with Crippen molar-refractivity contribution in [3.8, 4) is 6.07 Å². The third kappa shape index (κ3) is 3.26. The molecule has 7 heteroatoms. The van der Waals surface area contributed by atoms with Crippen LogP contribution in [0.3, 0.4) is 0 Å². The highest BCUT2D eigenvalue weighted by Gasteiger charge is 2.18. The first-order valence-corrected chi connectivity index (χ1v) is 8.38. The summed E-state index contributed by atoms with van der Waals surface area (Å²) in [6.45, 7) is 3.52. The number of nitriles is 1. The van der Waals surface area contributed by atoms with Gasteiger partial charge in [0.15, 0.2) is 0 Å². The predicted octanol–water partition coefficient (Wildman–Crippen LogP) is 4.22. The molecule has 1 atom stereocenters. The Balaban J connectivity index is 2.08. The van der Waals surface area contributed by atoms with Gasteiger partial charge in [-0.1, -0.05) is 18.2 Å². The molecule has 0 aliphatic carbocycles. The second-order valence-corrected chi connectivity index (χ2v) is 6.35. The molecule has 0 spiro atoms. The van der Waals surface area contributed by atoms with Crippen molar-refractivity contribution in [2.24, 2.45) is 7.05 Å². The number of rotatable bonds is 4. The lowest BCUT2D eigenvalue weighted by Crippen LogP contribution is -2.17. The summed E-state index contributed by atoms with van der Waals surface area (Å²) in [5.41, 5.74) is 1.80. The molecular formula is C20H18F2N4O. The Labute approximate surface area is 154 Å². The standard InChI is InChI=1S/C20H18F2N4O/c1-11-14(5-4-6-15(11)19(21)22)12(2)25-20-16-7-8-17(27)26(3)18(16)13(9-23)10-24-20/h4-8,10,12,19H,1-3H3,(H,24,25). The van der Waals surface area contributed by atoms with Gasteiger partial charge in [-0.3, -0.25) is 4.79 Å². The third-order valence-electron chi connectivity index (χ3n) is 4.74. The second kappa shape index (κ2) is 7.16. The minimum Gasteiger partial charge on any atom is -0.363 e. The quantitative estimate of drug-likeness (QED) is 0.748. The zero-order valence-electron chi connectivity index (χ0n) is 15.1. The first kappa shape index (κ1) is 18.5. The highest BCUT2D eigenvalue weighted by molar-refractivity contribution is 5.93. The van der Waals surface area contributed by atoms with Gasteiger partial charge in [0, 0.05) is 30.3 Å². The van der Waals surface area contributed by atoms with Crippen molar-refractivity contribution >= 4 is 16.7 Å². The summed E-state index contributed by atoms with van der Waals surface area (Å²) in [5.74, 6) is 0.481. The molecule has 0 saturated carbocycles. The number of hydrogen-bond donors (Lipinski definition) is 1. The molecule has 2 heterocycles. The number of nitrogens with one attached hydrogen (secondary N) is 1. The van der Waals surface area contributed by atoms with Gasteiger partial charge < -0.3 is 9.88 Å². The summed E-state index contributed by atoms with van der Waals surface area (Å²) in [4.78, 5) is 16.2. The number of aromatic nitrogens is 2. The van der Waals surface area contributed by atoms with Gasteiger partial charge in [-0.2, -0.15) is 5.26 Å². The molecule has 1 unspecified atom stereocenters. The number of benzene rings is 1. The summed E-state index contributed by atoms with van der Waals surface area (Å²) >= 11 is 0. The van der Waals surface area contributed by atoms with Crippen LogP contribution >= 0.6 is 0 Å². The van der Waals surface area contributed by atoms with E-state index in [0.717, 1.165) is 5.56 Å². The third-order valence-corrected chi connectivity index (χ3v) is 4.74. The first-order valence-electron chi connectivity index (χ1n) is 8.38. The Bertz CT molecular complexity index is 1120. The monoisotopic (exact) mass is 368 g/mol. The summed E-state index contributed by atoms with van der Waals surface area (Å²) < 4.78 is 27.7. The summed E-state index contributed by atoms with van der Waals surface area (Å²) in [7, 11) is 1.59. The van der Waals surface area contributed by atoms with E-state index >= 15 is 0 Å². The van der Waals surface area contributed by atoms with E-state index in [1.807, 2.05) is 13.0 Å². The average Bonchev–Trinajstić information content (AvgIpc) is 2.64. The van der Waals surface area contributed by atoms with Crippen molar-refractivity contribution in [1.29, 1.82) is 5.26 Å². The second-order valence-electron chi connectivity index (χ2n) is 6.35. The highest BCUT2D eigenvalue weighted by atomic mass is 19.3. The van der Waals surface area contributed by atoms with Crippen LogP contribution in [0, 0.1) is 18.3 Å². The smallest absolute Gasteiger partial charge is 0.264 e. The van der Waals surface area contributed by atoms with Crippen molar-refractivity contribution in [1.82, 2.24) is 9.55 Å². The lowest BCUT2D eigenvalue weighted by atomic mass is 9.97. The Morgan fingerprint density at radius 1 is 1.22 bits per heavy atom. The Morgan fingerprint density at radius 3 is 2.59 bits per heavy atom. The Kier molecular flexibility index (Phi) is 4.91. The number of nitrogens with zero attached hydrogens (tertiary/aromatic N) is 3. The molecule has 3 aromatic rings. The molecule has 3 rings (SSSR count). The van der Waals surface area contributed by atoms with E-state index in [1.54, 1.807) is 32.2 Å². The van der Waals surface area contributed by atoms with E-state index in [0.29, 0.717) is 27.8 Å². The molecule has 0 radical (unpaired) electrons. The molecular weight excluding hydrogens is 350 g/mol. The molecule has 138 valence electrons. The van der Waals surface area contributed by atoms with Crippen LogP contribution in [0.2, 0.25) is 0 Å². The molecule has 0 amide bonds. The fraction of sp³-hybridized carbons (Fsp3) is 0.250. The maximum absolute atomic E-state index is 13.2. The van der Waals surface area contributed by atoms with E-state index < -0.39 is 6.43 Å². The van der Waals surface area contributed by atoms with Gasteiger partial charge in [0.05, 0.1) is 17.1 Å². The molecule has 5 nitrogen and oxygen atoms in total. The van der Waals surface area contributed by atoms with E-state index in [4.69, 9.17) is 0 Å². The number of alkyl halides is 2. The van der Waals surface area contributed by atoms with Gasteiger partial charge >= 0.3 is 0 Å². The van der Waals surface area contributed by atoms with Crippen LogP contribution in [0.4, 0.5) is 14.6 Å². The number of pyridine rings is 2. The van der Waals surface area contributed by atoms with Crippen molar-refractivity contribution < 1.29 is 8.78 Å². The van der Waals surface area contributed by atoms with Crippen LogP contribution in [0.1, 0.15) is 41.6 Å². The lowest BCUT2D eigenvalue weighted by Gasteiger charge is -2.20. The van der Waals surface area contributed by atoms with Gasteiger partial charge in [-0.25, -0.2) is 13.8 Å². The molecule has 0 aliphatic heterocycles. The maximum Gasteiger partial charge on any atom is 0.264 e. The van der Waals surface area contributed by atoms with E-state index in [9.17, 15) is 18.8 Å². The summed E-state index contributed by atoms with van der Waals surface area (Å²) in [6.07, 6.45) is -1.14. The van der Waals surface area contributed by atoms with Crippen LogP contribution in [0.25, 0.3) is 10.9 Å². The Hall–Kier alpha value is -3.27. The van der Waals surface area contributed by atoms with Crippen molar-refractivity contribution in [3.63, 3.8) is 0 Å². The fourth-order valence-corrected chi connectivity index (χ4v) is 3.27. The normalized spacial score (nSPS) is 12.2. The Morgan fingerprint density at radius 2 is 1.93 bits per heavy atom. The first-order chi connectivity index (χ1) is 12.8. The van der Waals surface area contributed by atoms with Gasteiger partial charge in [0.2, 0.25) is 0 Å². The molecule has 1 aromatic carbocycles. The van der Waals surface area contributed by atoms with Crippen LogP contribution in [0.15, 0.2) is 41.3 Å². The molecule has 0 aliphatic rings. The minimum absolute atomic E-state index is 0.00110. The van der Waals surface area contributed by atoms with Crippen LogP contribution < -0.4 is 10.9 Å². The van der Waals surface area contributed by atoms with Crippen molar-refractivity contribution in [3.05, 3.63) is 69.1 Å². The van der Waals surface area contributed by atoms with Crippen molar-refractivity contribution in [2.75, 3.05) is 5.32 Å². The van der Waals surface area contributed by atoms with Crippen molar-refractivity contribution in [2.45, 2.75) is 26.3 Å².